The van der Waals surface area contributed by atoms with E-state index in [9.17, 15) is 13.2 Å². The van der Waals surface area contributed by atoms with Gasteiger partial charge in [-0.25, -0.2) is 14.8 Å². The number of rotatable bonds is 9. The van der Waals surface area contributed by atoms with Crippen LogP contribution in [0, 0.1) is 0 Å². The molecule has 9 nitrogen and oxygen atoms in total. The first-order valence-electron chi connectivity index (χ1n) is 9.30. The van der Waals surface area contributed by atoms with Crippen LogP contribution < -0.4 is 15.1 Å². The number of hydrogen-bond acceptors (Lipinski definition) is 7. The summed E-state index contributed by atoms with van der Waals surface area (Å²) in [6, 6.07) is 6.98. The molecule has 0 radical (unpaired) electrons. The third kappa shape index (κ3) is 5.01. The zero-order chi connectivity index (χ0) is 21.9. The molecule has 3 rings (SSSR count). The van der Waals surface area contributed by atoms with E-state index in [4.69, 9.17) is 16.4 Å². The number of carbonyl (C=O) groups is 1. The second-order valence-corrected chi connectivity index (χ2v) is 8.81. The van der Waals surface area contributed by atoms with Gasteiger partial charge in [0.2, 0.25) is 0 Å². The van der Waals surface area contributed by atoms with Crippen molar-refractivity contribution >= 4 is 44.9 Å². The second kappa shape index (κ2) is 9.17. The molecule has 0 saturated heterocycles. The van der Waals surface area contributed by atoms with Crippen molar-refractivity contribution in [1.82, 2.24) is 10.5 Å². The van der Waals surface area contributed by atoms with Gasteiger partial charge in [-0.05, 0) is 49.4 Å². The Balaban J connectivity index is 2.02. The van der Waals surface area contributed by atoms with Gasteiger partial charge in [-0.3, -0.25) is 13.8 Å². The average molecular weight is 455 g/mol. The Morgan fingerprint density at radius 2 is 2.03 bits per heavy atom. The molecule has 1 saturated carbocycles. The molecule has 0 bridgehead atoms. The van der Waals surface area contributed by atoms with Crippen LogP contribution in [0.25, 0.3) is 0 Å². The van der Waals surface area contributed by atoms with E-state index in [2.05, 4.69) is 20.0 Å². The lowest BCUT2D eigenvalue weighted by Gasteiger charge is -2.23. The molecule has 1 aliphatic rings. The van der Waals surface area contributed by atoms with Crippen molar-refractivity contribution in [1.29, 1.82) is 0 Å². The van der Waals surface area contributed by atoms with Crippen LogP contribution in [0.4, 0.5) is 17.1 Å². The summed E-state index contributed by atoms with van der Waals surface area (Å²) in [7, 11) is -1.48. The minimum atomic E-state index is -3.98. The Kier molecular flexibility index (Phi) is 6.81. The van der Waals surface area contributed by atoms with Gasteiger partial charge in [0, 0.05) is 13.2 Å². The van der Waals surface area contributed by atoms with Crippen molar-refractivity contribution in [3.63, 3.8) is 0 Å². The smallest absolute Gasteiger partial charge is 0.353 e. The zero-order valence-corrected chi connectivity index (χ0v) is 18.4. The first-order valence-corrected chi connectivity index (χ1v) is 11.0. The van der Waals surface area contributed by atoms with Crippen molar-refractivity contribution in [3.8, 4) is 0 Å². The van der Waals surface area contributed by atoms with E-state index in [0.717, 1.165) is 29.8 Å². The van der Waals surface area contributed by atoms with E-state index in [0.29, 0.717) is 29.6 Å². The van der Waals surface area contributed by atoms with E-state index in [-0.39, 0.29) is 10.7 Å². The van der Waals surface area contributed by atoms with Crippen molar-refractivity contribution in [2.75, 3.05) is 30.4 Å². The lowest BCUT2D eigenvalue weighted by Crippen LogP contribution is -2.28. The van der Waals surface area contributed by atoms with Gasteiger partial charge in [0.25, 0.3) is 5.91 Å². The maximum absolute atomic E-state index is 12.4. The van der Waals surface area contributed by atoms with Crippen LogP contribution in [0.1, 0.15) is 41.6 Å². The minimum absolute atomic E-state index is 0.166. The third-order valence-corrected chi connectivity index (χ3v) is 6.15. The summed E-state index contributed by atoms with van der Waals surface area (Å²) < 4.78 is 30.3. The van der Waals surface area contributed by atoms with Crippen molar-refractivity contribution in [2.24, 2.45) is 0 Å². The fourth-order valence-corrected chi connectivity index (χ4v) is 3.64. The van der Waals surface area contributed by atoms with Gasteiger partial charge in [-0.15, -0.1) is 0 Å². The molecule has 1 aliphatic carbocycles. The summed E-state index contributed by atoms with van der Waals surface area (Å²) in [5, 5.41) is 3.27. The standard InChI is InChI=1S/C19H23ClN4O5S/c1-4-29-23-19(25)14-11-21-18(20)10-16(14)22-15-8-7-13(12-5-6-12)9-17(15)24(2)30(26,27)28-3/h7-12H,4-6H2,1-3H3,(H,21,22)(H,23,25). The molecule has 1 amide bonds. The van der Waals surface area contributed by atoms with Crippen LogP contribution in [0.3, 0.4) is 0 Å². The molecule has 30 heavy (non-hydrogen) atoms. The molecular weight excluding hydrogens is 432 g/mol. The highest BCUT2D eigenvalue weighted by Gasteiger charge is 2.27. The molecule has 0 aliphatic heterocycles. The largest absolute Gasteiger partial charge is 0.362 e. The summed E-state index contributed by atoms with van der Waals surface area (Å²) in [5.74, 6) is -0.100. The van der Waals surface area contributed by atoms with Crippen LogP contribution in [0.2, 0.25) is 5.15 Å². The number of aromatic nitrogens is 1. The Labute approximate surface area is 180 Å². The van der Waals surface area contributed by atoms with Crippen LogP contribution >= 0.6 is 11.6 Å². The SMILES string of the molecule is CCONC(=O)c1cnc(Cl)cc1Nc1ccc(C2CC2)cc1N(C)S(=O)(=O)OC. The fraction of sp³-hybridized carbons (Fsp3) is 0.368. The molecule has 2 N–H and O–H groups in total. The number of nitrogens with zero attached hydrogens (tertiary/aromatic N) is 2. The van der Waals surface area contributed by atoms with Gasteiger partial charge in [0.05, 0.1) is 36.3 Å². The summed E-state index contributed by atoms with van der Waals surface area (Å²) in [6.45, 7) is 2.03. The van der Waals surface area contributed by atoms with Gasteiger partial charge >= 0.3 is 10.3 Å². The van der Waals surface area contributed by atoms with E-state index >= 15 is 0 Å². The van der Waals surface area contributed by atoms with E-state index in [1.165, 1.54) is 19.3 Å². The van der Waals surface area contributed by atoms with E-state index in [1.54, 1.807) is 19.1 Å². The summed E-state index contributed by atoms with van der Waals surface area (Å²) >= 11 is 6.02. The predicted octanol–water partition coefficient (Wildman–Crippen LogP) is 3.36. The lowest BCUT2D eigenvalue weighted by atomic mass is 10.1. The summed E-state index contributed by atoms with van der Waals surface area (Å²) in [5.41, 5.74) is 4.71. The van der Waals surface area contributed by atoms with Crippen molar-refractivity contribution in [2.45, 2.75) is 25.7 Å². The van der Waals surface area contributed by atoms with Gasteiger partial charge in [-0.1, -0.05) is 17.7 Å². The predicted molar refractivity (Wildman–Crippen MR) is 114 cm³/mol. The third-order valence-electron chi connectivity index (χ3n) is 4.65. The Bertz CT molecular complexity index is 1040. The second-order valence-electron chi connectivity index (χ2n) is 6.68. The van der Waals surface area contributed by atoms with Crippen molar-refractivity contribution in [3.05, 3.63) is 46.7 Å². The van der Waals surface area contributed by atoms with Crippen LogP contribution in [-0.2, 0) is 19.3 Å². The maximum Gasteiger partial charge on any atom is 0.362 e. The molecule has 1 aromatic heterocycles. The molecule has 11 heteroatoms. The van der Waals surface area contributed by atoms with Crippen molar-refractivity contribution < 1.29 is 22.2 Å². The highest BCUT2D eigenvalue weighted by atomic mass is 35.5. The van der Waals surface area contributed by atoms with Gasteiger partial charge in [0.15, 0.2) is 0 Å². The number of nitrogens with one attached hydrogen (secondary N) is 2. The number of hydroxylamine groups is 1. The van der Waals surface area contributed by atoms with Crippen LogP contribution in [0.15, 0.2) is 30.5 Å². The zero-order valence-electron chi connectivity index (χ0n) is 16.8. The quantitative estimate of drug-likeness (QED) is 0.441. The number of hydrogen-bond donors (Lipinski definition) is 2. The molecule has 1 aromatic carbocycles. The highest BCUT2D eigenvalue weighted by molar-refractivity contribution is 7.88. The summed E-state index contributed by atoms with van der Waals surface area (Å²) in [6.07, 6.45) is 3.44. The van der Waals surface area contributed by atoms with Gasteiger partial charge in [0.1, 0.15) is 5.15 Å². The number of halogens is 1. The van der Waals surface area contributed by atoms with E-state index < -0.39 is 16.2 Å². The molecule has 1 fully saturated rings. The topological polar surface area (TPSA) is 110 Å². The highest BCUT2D eigenvalue weighted by Crippen LogP contribution is 2.43. The molecule has 0 atom stereocenters. The number of anilines is 3. The number of pyridine rings is 1. The first kappa shape index (κ1) is 22.3. The Morgan fingerprint density at radius 3 is 2.67 bits per heavy atom. The molecule has 2 aromatic rings. The molecular formula is C19H23ClN4O5S. The fourth-order valence-electron chi connectivity index (χ4n) is 2.87. The number of amides is 1. The van der Waals surface area contributed by atoms with Crippen LogP contribution in [-0.4, -0.2) is 40.1 Å². The average Bonchev–Trinajstić information content (AvgIpc) is 3.57. The Hall–Kier alpha value is -2.40. The molecule has 1 heterocycles. The van der Waals surface area contributed by atoms with E-state index in [1.807, 2.05) is 6.07 Å². The molecule has 0 unspecified atom stereocenters. The number of carbonyl (C=O) groups excluding carboxylic acids is 1. The Morgan fingerprint density at radius 1 is 1.30 bits per heavy atom. The first-order chi connectivity index (χ1) is 14.3. The van der Waals surface area contributed by atoms with Gasteiger partial charge < -0.3 is 5.32 Å². The minimum Gasteiger partial charge on any atom is -0.353 e. The molecule has 0 spiro atoms. The normalized spacial score (nSPS) is 13.7. The van der Waals surface area contributed by atoms with Crippen LogP contribution in [0.5, 0.6) is 0 Å². The summed E-state index contributed by atoms with van der Waals surface area (Å²) in [4.78, 5) is 21.3. The monoisotopic (exact) mass is 454 g/mol. The molecule has 162 valence electrons. The lowest BCUT2D eigenvalue weighted by molar-refractivity contribution is 0.0365. The maximum atomic E-state index is 12.4. The number of benzene rings is 1. The van der Waals surface area contributed by atoms with Gasteiger partial charge in [-0.2, -0.15) is 8.42 Å².